The van der Waals surface area contributed by atoms with Crippen molar-refractivity contribution >= 4 is 17.6 Å². The molecule has 128 valence electrons. The molecule has 0 aliphatic heterocycles. The Morgan fingerprint density at radius 1 is 1.21 bits per heavy atom. The quantitative estimate of drug-likeness (QED) is 0.709. The minimum atomic E-state index is -1.14. The lowest BCUT2D eigenvalue weighted by Crippen LogP contribution is -2.12. The number of benzene rings is 1. The van der Waals surface area contributed by atoms with E-state index in [0.29, 0.717) is 29.2 Å². The van der Waals surface area contributed by atoms with Crippen molar-refractivity contribution in [2.24, 2.45) is 0 Å². The standard InChI is InChI=1S/C18H21NO5/c1-3-4-5-6-17(20)19-14-11-12(23-2)7-8-13(14)15-9-10-16(24-15)18(21)22/h7-11H,3-6H2,1-2H3,(H,19,20)(H,21,22). The highest BCUT2D eigenvalue weighted by atomic mass is 16.5. The Labute approximate surface area is 140 Å². The van der Waals surface area contributed by atoms with Crippen LogP contribution in [0.15, 0.2) is 34.7 Å². The number of carboxylic acid groups (broad SMARTS) is 1. The SMILES string of the molecule is CCCCCC(=O)Nc1cc(OC)ccc1-c1ccc(C(=O)O)o1. The Morgan fingerprint density at radius 3 is 2.62 bits per heavy atom. The van der Waals surface area contributed by atoms with Crippen molar-refractivity contribution in [2.45, 2.75) is 32.6 Å². The van der Waals surface area contributed by atoms with Crippen molar-refractivity contribution in [3.05, 3.63) is 36.1 Å². The second-order valence-electron chi connectivity index (χ2n) is 5.39. The van der Waals surface area contributed by atoms with E-state index in [0.717, 1.165) is 19.3 Å². The van der Waals surface area contributed by atoms with Crippen LogP contribution < -0.4 is 10.1 Å². The Kier molecular flexibility index (Phi) is 6.01. The third kappa shape index (κ3) is 4.38. The molecule has 0 radical (unpaired) electrons. The fourth-order valence-electron chi connectivity index (χ4n) is 2.31. The first-order chi connectivity index (χ1) is 11.5. The van der Waals surface area contributed by atoms with Crippen molar-refractivity contribution in [3.8, 4) is 17.1 Å². The minimum absolute atomic E-state index is 0.0945. The van der Waals surface area contributed by atoms with Gasteiger partial charge in [0.1, 0.15) is 11.5 Å². The predicted molar refractivity (Wildman–Crippen MR) is 90.4 cm³/mol. The fourth-order valence-corrected chi connectivity index (χ4v) is 2.31. The first-order valence-corrected chi connectivity index (χ1v) is 7.86. The van der Waals surface area contributed by atoms with Crippen molar-refractivity contribution in [1.82, 2.24) is 0 Å². The molecule has 6 nitrogen and oxygen atoms in total. The fraction of sp³-hybridized carbons (Fsp3) is 0.333. The molecule has 0 saturated carbocycles. The van der Waals surface area contributed by atoms with Gasteiger partial charge in [-0.3, -0.25) is 4.79 Å². The first-order valence-electron chi connectivity index (χ1n) is 7.86. The van der Waals surface area contributed by atoms with Gasteiger partial charge in [0, 0.05) is 18.1 Å². The van der Waals surface area contributed by atoms with Crippen LogP contribution in [0.1, 0.15) is 43.2 Å². The molecule has 2 rings (SSSR count). The lowest BCUT2D eigenvalue weighted by molar-refractivity contribution is -0.116. The zero-order valence-electron chi connectivity index (χ0n) is 13.8. The number of carbonyl (C=O) groups is 2. The molecule has 1 aromatic carbocycles. The number of carboxylic acids is 1. The lowest BCUT2D eigenvalue weighted by Gasteiger charge is -2.11. The van der Waals surface area contributed by atoms with Crippen molar-refractivity contribution in [3.63, 3.8) is 0 Å². The summed E-state index contributed by atoms with van der Waals surface area (Å²) in [5, 5.41) is 11.8. The molecule has 0 unspecified atom stereocenters. The van der Waals surface area contributed by atoms with Gasteiger partial charge in [0.25, 0.3) is 0 Å². The van der Waals surface area contributed by atoms with Crippen LogP contribution >= 0.6 is 0 Å². The van der Waals surface area contributed by atoms with Gasteiger partial charge < -0.3 is 19.6 Å². The van der Waals surface area contributed by atoms with Crippen LogP contribution in [0.2, 0.25) is 0 Å². The molecule has 2 N–H and O–H groups in total. The summed E-state index contributed by atoms with van der Waals surface area (Å²) in [5.74, 6) is -0.421. The number of nitrogens with one attached hydrogen (secondary N) is 1. The molecule has 0 bridgehead atoms. The van der Waals surface area contributed by atoms with Gasteiger partial charge in [-0.15, -0.1) is 0 Å². The molecule has 24 heavy (non-hydrogen) atoms. The Hall–Kier alpha value is -2.76. The van der Waals surface area contributed by atoms with Crippen LogP contribution in [-0.2, 0) is 4.79 Å². The summed E-state index contributed by atoms with van der Waals surface area (Å²) in [6.07, 6.45) is 3.30. The number of hydrogen-bond donors (Lipinski definition) is 2. The van der Waals surface area contributed by atoms with Gasteiger partial charge in [-0.2, -0.15) is 0 Å². The summed E-state index contributed by atoms with van der Waals surface area (Å²) in [7, 11) is 1.54. The highest BCUT2D eigenvalue weighted by Gasteiger charge is 2.15. The van der Waals surface area contributed by atoms with Gasteiger partial charge in [-0.25, -0.2) is 4.79 Å². The topological polar surface area (TPSA) is 88.8 Å². The van der Waals surface area contributed by atoms with Gasteiger partial charge >= 0.3 is 5.97 Å². The van der Waals surface area contributed by atoms with Gasteiger partial charge in [0.15, 0.2) is 0 Å². The van der Waals surface area contributed by atoms with Crippen LogP contribution in [0.5, 0.6) is 5.75 Å². The number of methoxy groups -OCH3 is 1. The van der Waals surface area contributed by atoms with Crippen LogP contribution in [0.4, 0.5) is 5.69 Å². The summed E-state index contributed by atoms with van der Waals surface area (Å²) in [6, 6.07) is 8.10. The van der Waals surface area contributed by atoms with Crippen LogP contribution in [-0.4, -0.2) is 24.1 Å². The first kappa shape index (κ1) is 17.6. The van der Waals surface area contributed by atoms with E-state index in [1.54, 1.807) is 24.3 Å². The highest BCUT2D eigenvalue weighted by molar-refractivity contribution is 5.95. The smallest absolute Gasteiger partial charge is 0.371 e. The molecule has 6 heteroatoms. The molecule has 2 aromatic rings. The van der Waals surface area contributed by atoms with Crippen LogP contribution in [0.3, 0.4) is 0 Å². The van der Waals surface area contributed by atoms with Crippen molar-refractivity contribution in [1.29, 1.82) is 0 Å². The highest BCUT2D eigenvalue weighted by Crippen LogP contribution is 2.33. The summed E-state index contributed by atoms with van der Waals surface area (Å²) in [5.41, 5.74) is 1.13. The van der Waals surface area contributed by atoms with E-state index in [2.05, 4.69) is 12.2 Å². The van der Waals surface area contributed by atoms with Gasteiger partial charge in [0.2, 0.25) is 11.7 Å². The third-order valence-electron chi connectivity index (χ3n) is 3.59. The van der Waals surface area contributed by atoms with E-state index in [1.165, 1.54) is 13.2 Å². The molecule has 1 aromatic heterocycles. The molecule has 0 aliphatic rings. The second-order valence-corrected chi connectivity index (χ2v) is 5.39. The maximum absolute atomic E-state index is 12.1. The number of hydrogen-bond acceptors (Lipinski definition) is 4. The third-order valence-corrected chi connectivity index (χ3v) is 3.59. The van der Waals surface area contributed by atoms with Crippen molar-refractivity contribution in [2.75, 3.05) is 12.4 Å². The Balaban J connectivity index is 2.26. The van der Waals surface area contributed by atoms with Crippen LogP contribution in [0.25, 0.3) is 11.3 Å². The summed E-state index contributed by atoms with van der Waals surface area (Å²) < 4.78 is 10.5. The average Bonchev–Trinajstić information content (AvgIpc) is 3.05. The van der Waals surface area contributed by atoms with E-state index in [-0.39, 0.29) is 11.7 Å². The maximum Gasteiger partial charge on any atom is 0.371 e. The van der Waals surface area contributed by atoms with E-state index in [4.69, 9.17) is 14.3 Å². The Bertz CT molecular complexity index is 720. The van der Waals surface area contributed by atoms with Gasteiger partial charge in [-0.05, 0) is 30.7 Å². The number of amides is 1. The molecule has 0 fully saturated rings. The molecule has 1 amide bonds. The molecule has 1 heterocycles. The molecular formula is C18H21NO5. The van der Waals surface area contributed by atoms with Crippen LogP contribution in [0, 0.1) is 0 Å². The average molecular weight is 331 g/mol. The number of unbranched alkanes of at least 4 members (excludes halogenated alkanes) is 2. The number of aromatic carboxylic acids is 1. The molecule has 0 spiro atoms. The zero-order chi connectivity index (χ0) is 17.5. The van der Waals surface area contributed by atoms with E-state index in [1.807, 2.05) is 0 Å². The Morgan fingerprint density at radius 2 is 2.00 bits per heavy atom. The number of ether oxygens (including phenoxy) is 1. The van der Waals surface area contributed by atoms with E-state index in [9.17, 15) is 9.59 Å². The summed E-state index contributed by atoms with van der Waals surface area (Å²) in [6.45, 7) is 2.08. The van der Waals surface area contributed by atoms with E-state index < -0.39 is 5.97 Å². The predicted octanol–water partition coefficient (Wildman–Crippen LogP) is 4.17. The summed E-state index contributed by atoms with van der Waals surface area (Å²) in [4.78, 5) is 23.1. The molecular weight excluding hydrogens is 310 g/mol. The largest absolute Gasteiger partial charge is 0.497 e. The number of rotatable bonds is 8. The van der Waals surface area contributed by atoms with Gasteiger partial charge in [-0.1, -0.05) is 19.8 Å². The zero-order valence-corrected chi connectivity index (χ0v) is 13.8. The number of carbonyl (C=O) groups excluding carboxylic acids is 1. The van der Waals surface area contributed by atoms with E-state index >= 15 is 0 Å². The monoisotopic (exact) mass is 331 g/mol. The molecule has 0 atom stereocenters. The summed E-state index contributed by atoms with van der Waals surface area (Å²) >= 11 is 0. The maximum atomic E-state index is 12.1. The second kappa shape index (κ2) is 8.19. The lowest BCUT2D eigenvalue weighted by atomic mass is 10.1. The minimum Gasteiger partial charge on any atom is -0.497 e. The van der Waals surface area contributed by atoms with Crippen molar-refractivity contribution < 1.29 is 23.8 Å². The normalized spacial score (nSPS) is 10.4. The molecule has 0 saturated heterocycles. The molecule has 0 aliphatic carbocycles. The number of furan rings is 1. The van der Waals surface area contributed by atoms with Gasteiger partial charge in [0.05, 0.1) is 12.8 Å². The number of anilines is 1.